The minimum Gasteiger partial charge on any atom is -0.397 e. The molecule has 6 heteroatoms. The molecule has 0 atom stereocenters. The van der Waals surface area contributed by atoms with E-state index in [2.05, 4.69) is 10.3 Å². The van der Waals surface area contributed by atoms with E-state index < -0.39 is 5.91 Å². The van der Waals surface area contributed by atoms with Crippen LogP contribution in [0.3, 0.4) is 0 Å². The summed E-state index contributed by atoms with van der Waals surface area (Å²) in [7, 11) is 0. The van der Waals surface area contributed by atoms with Crippen molar-refractivity contribution in [1.82, 2.24) is 4.98 Å². The highest BCUT2D eigenvalue weighted by Crippen LogP contribution is 2.14. The Morgan fingerprint density at radius 3 is 2.93 bits per heavy atom. The summed E-state index contributed by atoms with van der Waals surface area (Å²) in [5.74, 6) is -0.188. The van der Waals surface area contributed by atoms with Gasteiger partial charge >= 0.3 is 0 Å². The van der Waals surface area contributed by atoms with Gasteiger partial charge in [-0.2, -0.15) is 0 Å². The summed E-state index contributed by atoms with van der Waals surface area (Å²) in [6, 6.07) is 1.47. The van der Waals surface area contributed by atoms with Gasteiger partial charge in [0.2, 0.25) is 0 Å². The summed E-state index contributed by atoms with van der Waals surface area (Å²) in [5, 5.41) is 11.5. The smallest absolute Gasteiger partial charge is 0.252 e. The fourth-order valence-corrected chi connectivity index (χ4v) is 1.10. The predicted octanol–water partition coefficient (Wildman–Crippen LogP) is -0.443. The second-order valence-corrected chi connectivity index (χ2v) is 3.03. The first-order valence-electron chi connectivity index (χ1n) is 4.55. The predicted molar refractivity (Wildman–Crippen MR) is 57.4 cm³/mol. The quantitative estimate of drug-likeness (QED) is 0.492. The Bertz CT molecular complexity index is 354. The molecule has 1 rings (SSSR count). The maximum atomic E-state index is 11.0. The maximum absolute atomic E-state index is 11.0. The van der Waals surface area contributed by atoms with E-state index in [1.54, 1.807) is 0 Å². The highest BCUT2D eigenvalue weighted by atomic mass is 16.3. The molecule has 6 N–H and O–H groups in total. The zero-order valence-corrected chi connectivity index (χ0v) is 8.23. The molecule has 0 radical (unpaired) electrons. The van der Waals surface area contributed by atoms with Gasteiger partial charge in [-0.05, 0) is 12.5 Å². The second-order valence-electron chi connectivity index (χ2n) is 3.03. The number of nitrogens with two attached hydrogens (primary N) is 2. The van der Waals surface area contributed by atoms with Crippen LogP contribution >= 0.6 is 0 Å². The van der Waals surface area contributed by atoms with Crippen LogP contribution in [0, 0.1) is 0 Å². The van der Waals surface area contributed by atoms with E-state index in [1.807, 2.05) is 0 Å². The minimum absolute atomic E-state index is 0.0773. The summed E-state index contributed by atoms with van der Waals surface area (Å²) in [5.41, 5.74) is 11.3. The number of nitrogen functional groups attached to an aromatic ring is 1. The van der Waals surface area contributed by atoms with E-state index in [4.69, 9.17) is 16.6 Å². The van der Waals surface area contributed by atoms with Gasteiger partial charge in [-0.1, -0.05) is 0 Å². The van der Waals surface area contributed by atoms with Crippen molar-refractivity contribution in [3.63, 3.8) is 0 Å². The molecule has 0 unspecified atom stereocenters. The van der Waals surface area contributed by atoms with Crippen molar-refractivity contribution in [1.29, 1.82) is 0 Å². The molecule has 0 bridgehead atoms. The maximum Gasteiger partial charge on any atom is 0.252 e. The number of hydrogen-bond donors (Lipinski definition) is 4. The van der Waals surface area contributed by atoms with Crippen LogP contribution < -0.4 is 16.8 Å². The third-order valence-corrected chi connectivity index (χ3v) is 1.80. The summed E-state index contributed by atoms with van der Waals surface area (Å²) in [6.07, 6.45) is 2.01. The zero-order valence-electron chi connectivity index (χ0n) is 8.23. The van der Waals surface area contributed by atoms with Gasteiger partial charge in [0, 0.05) is 13.2 Å². The lowest BCUT2D eigenvalue weighted by atomic mass is 10.2. The lowest BCUT2D eigenvalue weighted by molar-refractivity contribution is 0.100. The fraction of sp³-hybridized carbons (Fsp3) is 0.333. The molecule has 0 aliphatic heterocycles. The van der Waals surface area contributed by atoms with Crippen LogP contribution in [0.5, 0.6) is 0 Å². The summed E-state index contributed by atoms with van der Waals surface area (Å²) in [4.78, 5) is 15.0. The molecule has 1 aromatic rings. The molecule has 0 aliphatic rings. The molecule has 15 heavy (non-hydrogen) atoms. The SMILES string of the molecule is NC(=O)c1cc(N)cnc1NCCCO. The Kier molecular flexibility index (Phi) is 3.87. The molecule has 0 fully saturated rings. The number of aliphatic hydroxyl groups is 1. The number of aromatic nitrogens is 1. The summed E-state index contributed by atoms with van der Waals surface area (Å²) < 4.78 is 0. The number of aliphatic hydroxyl groups excluding tert-OH is 1. The Morgan fingerprint density at radius 2 is 2.33 bits per heavy atom. The molecule has 1 heterocycles. The Morgan fingerprint density at radius 1 is 1.60 bits per heavy atom. The van der Waals surface area contributed by atoms with E-state index in [0.717, 1.165) is 0 Å². The van der Waals surface area contributed by atoms with Crippen LogP contribution in [0.25, 0.3) is 0 Å². The van der Waals surface area contributed by atoms with Crippen LogP contribution in [0.2, 0.25) is 0 Å². The fourth-order valence-electron chi connectivity index (χ4n) is 1.10. The Balaban J connectivity index is 2.81. The molecule has 0 aromatic carbocycles. The largest absolute Gasteiger partial charge is 0.397 e. The van der Waals surface area contributed by atoms with E-state index in [-0.39, 0.29) is 12.2 Å². The number of anilines is 2. The molecule has 0 aliphatic carbocycles. The first kappa shape index (κ1) is 11.3. The van der Waals surface area contributed by atoms with E-state index >= 15 is 0 Å². The number of rotatable bonds is 5. The number of primary amides is 1. The highest BCUT2D eigenvalue weighted by Gasteiger charge is 2.09. The van der Waals surface area contributed by atoms with Crippen molar-refractivity contribution in [2.45, 2.75) is 6.42 Å². The summed E-state index contributed by atoms with van der Waals surface area (Å²) in [6.45, 7) is 0.599. The normalized spacial score (nSPS) is 9.93. The molecule has 0 saturated carbocycles. The monoisotopic (exact) mass is 210 g/mol. The van der Waals surface area contributed by atoms with E-state index in [1.165, 1.54) is 12.3 Å². The van der Waals surface area contributed by atoms with Gasteiger partial charge in [0.1, 0.15) is 5.82 Å². The van der Waals surface area contributed by atoms with Crippen LogP contribution in [-0.2, 0) is 0 Å². The van der Waals surface area contributed by atoms with Crippen LogP contribution in [0.4, 0.5) is 11.5 Å². The van der Waals surface area contributed by atoms with Gasteiger partial charge in [0.25, 0.3) is 5.91 Å². The van der Waals surface area contributed by atoms with Crippen LogP contribution in [0.1, 0.15) is 16.8 Å². The topological polar surface area (TPSA) is 114 Å². The van der Waals surface area contributed by atoms with Crippen molar-refractivity contribution in [3.8, 4) is 0 Å². The Labute approximate surface area is 87.3 Å². The van der Waals surface area contributed by atoms with E-state index in [9.17, 15) is 4.79 Å². The molecule has 1 amide bonds. The highest BCUT2D eigenvalue weighted by molar-refractivity contribution is 5.98. The number of amides is 1. The molecule has 1 aromatic heterocycles. The number of hydrogen-bond acceptors (Lipinski definition) is 5. The average Bonchev–Trinajstić information content (AvgIpc) is 2.20. The van der Waals surface area contributed by atoms with Gasteiger partial charge < -0.3 is 21.9 Å². The van der Waals surface area contributed by atoms with Crippen molar-refractivity contribution in [2.24, 2.45) is 5.73 Å². The molecular formula is C9H14N4O2. The third-order valence-electron chi connectivity index (χ3n) is 1.80. The number of nitrogens with one attached hydrogen (secondary N) is 1. The van der Waals surface area contributed by atoms with Crippen LogP contribution in [-0.4, -0.2) is 29.1 Å². The van der Waals surface area contributed by atoms with Crippen molar-refractivity contribution in [2.75, 3.05) is 24.2 Å². The second kappa shape index (κ2) is 5.16. The number of carbonyl (C=O) groups excluding carboxylic acids is 1. The lowest BCUT2D eigenvalue weighted by Crippen LogP contribution is -2.16. The van der Waals surface area contributed by atoms with Gasteiger partial charge in [-0.15, -0.1) is 0 Å². The van der Waals surface area contributed by atoms with Gasteiger partial charge in [-0.25, -0.2) is 4.98 Å². The molecule has 82 valence electrons. The van der Waals surface area contributed by atoms with Crippen molar-refractivity contribution in [3.05, 3.63) is 17.8 Å². The standard InChI is InChI=1S/C9H14N4O2/c10-6-4-7(8(11)15)9(13-5-6)12-2-1-3-14/h4-5,14H,1-3,10H2,(H2,11,15)(H,12,13). The van der Waals surface area contributed by atoms with Gasteiger partial charge in [0.15, 0.2) is 0 Å². The average molecular weight is 210 g/mol. The summed E-state index contributed by atoms with van der Waals surface area (Å²) >= 11 is 0. The number of carbonyl (C=O) groups is 1. The van der Waals surface area contributed by atoms with Gasteiger partial charge in [-0.3, -0.25) is 4.79 Å². The first-order chi connectivity index (χ1) is 7.15. The van der Waals surface area contributed by atoms with Gasteiger partial charge in [0.05, 0.1) is 17.4 Å². The lowest BCUT2D eigenvalue weighted by Gasteiger charge is -2.08. The first-order valence-corrected chi connectivity index (χ1v) is 4.55. The zero-order chi connectivity index (χ0) is 11.3. The molecule has 0 spiro atoms. The van der Waals surface area contributed by atoms with Crippen molar-refractivity contribution >= 4 is 17.4 Å². The minimum atomic E-state index is -0.582. The number of pyridine rings is 1. The molecule has 6 nitrogen and oxygen atoms in total. The molecular weight excluding hydrogens is 196 g/mol. The Hall–Kier alpha value is -1.82. The van der Waals surface area contributed by atoms with E-state index in [0.29, 0.717) is 24.5 Å². The third kappa shape index (κ3) is 3.10. The van der Waals surface area contributed by atoms with Crippen LogP contribution in [0.15, 0.2) is 12.3 Å². The van der Waals surface area contributed by atoms with Crippen molar-refractivity contribution < 1.29 is 9.90 Å². The molecule has 0 saturated heterocycles. The number of nitrogens with zero attached hydrogens (tertiary/aromatic N) is 1.